The molecule has 5 nitrogen and oxygen atoms in total. The highest BCUT2D eigenvalue weighted by molar-refractivity contribution is 6.07. The van der Waals surface area contributed by atoms with E-state index in [1.807, 2.05) is 0 Å². The number of carbonyl (C=O) groups excluding carboxylic acids is 1. The van der Waals surface area contributed by atoms with Crippen LogP contribution in [0.2, 0.25) is 0 Å². The van der Waals surface area contributed by atoms with E-state index in [-0.39, 0.29) is 11.1 Å². The van der Waals surface area contributed by atoms with Crippen molar-refractivity contribution in [3.05, 3.63) is 69.3 Å². The molecule has 0 fully saturated rings. The molecule has 0 saturated carbocycles. The van der Waals surface area contributed by atoms with Gasteiger partial charge in [-0.1, -0.05) is 24.3 Å². The summed E-state index contributed by atoms with van der Waals surface area (Å²) >= 11 is 0. The van der Waals surface area contributed by atoms with Crippen LogP contribution in [0.1, 0.15) is 21.5 Å². The van der Waals surface area contributed by atoms with E-state index >= 15 is 0 Å². The summed E-state index contributed by atoms with van der Waals surface area (Å²) in [5.41, 5.74) is -1.97. The van der Waals surface area contributed by atoms with Crippen LogP contribution in [0.5, 0.6) is 0 Å². The minimum atomic E-state index is -4.65. The molecule has 1 N–H and O–H groups in total. The van der Waals surface area contributed by atoms with E-state index in [2.05, 4.69) is 5.32 Å². The third kappa shape index (κ3) is 3.47. The van der Waals surface area contributed by atoms with Crippen LogP contribution in [-0.2, 0) is 6.18 Å². The van der Waals surface area contributed by atoms with Gasteiger partial charge < -0.3 is 5.32 Å². The number of nitro benzene ring substituents is 1. The van der Waals surface area contributed by atoms with Gasteiger partial charge in [-0.25, -0.2) is 0 Å². The number of nitrogens with zero attached hydrogens (tertiary/aromatic N) is 1. The summed E-state index contributed by atoms with van der Waals surface area (Å²) in [6, 6.07) is 8.48. The molecule has 0 aliphatic carbocycles. The number of hydrogen-bond donors (Lipinski definition) is 1. The molecule has 0 saturated heterocycles. The van der Waals surface area contributed by atoms with Gasteiger partial charge in [0.2, 0.25) is 0 Å². The molecule has 0 radical (unpaired) electrons. The summed E-state index contributed by atoms with van der Waals surface area (Å²) in [4.78, 5) is 22.5. The normalized spacial score (nSPS) is 11.1. The Kier molecular flexibility index (Phi) is 4.35. The summed E-state index contributed by atoms with van der Waals surface area (Å²) in [5.74, 6) is -0.975. The van der Waals surface area contributed by atoms with E-state index in [4.69, 9.17) is 0 Å². The average Bonchev–Trinajstić information content (AvgIpc) is 2.46. The number of benzene rings is 2. The summed E-state index contributed by atoms with van der Waals surface area (Å²) in [7, 11) is 0. The van der Waals surface area contributed by atoms with Crippen LogP contribution in [0.15, 0.2) is 42.5 Å². The number of rotatable bonds is 3. The van der Waals surface area contributed by atoms with Gasteiger partial charge in [-0.15, -0.1) is 0 Å². The highest BCUT2D eigenvalue weighted by Crippen LogP contribution is 2.35. The van der Waals surface area contributed by atoms with Gasteiger partial charge in [0.15, 0.2) is 0 Å². The Balaban J connectivity index is 2.43. The number of anilines is 1. The molecule has 2 aromatic rings. The van der Waals surface area contributed by atoms with Crippen LogP contribution >= 0.6 is 0 Å². The van der Waals surface area contributed by atoms with Crippen LogP contribution in [0, 0.1) is 17.0 Å². The number of carbonyl (C=O) groups is 1. The Morgan fingerprint density at radius 3 is 2.39 bits per heavy atom. The van der Waals surface area contributed by atoms with Gasteiger partial charge in [0.05, 0.1) is 16.2 Å². The summed E-state index contributed by atoms with van der Waals surface area (Å²) < 4.78 is 38.7. The first kappa shape index (κ1) is 16.5. The molecule has 0 aliphatic rings. The lowest BCUT2D eigenvalue weighted by Crippen LogP contribution is -2.18. The Morgan fingerprint density at radius 1 is 1.13 bits per heavy atom. The predicted octanol–water partition coefficient (Wildman–Crippen LogP) is 4.17. The highest BCUT2D eigenvalue weighted by atomic mass is 19.4. The highest BCUT2D eigenvalue weighted by Gasteiger charge is 2.34. The molecule has 1 amide bonds. The van der Waals surface area contributed by atoms with Crippen molar-refractivity contribution in [2.45, 2.75) is 13.1 Å². The molecule has 0 heterocycles. The number of aryl methyl sites for hydroxylation is 1. The van der Waals surface area contributed by atoms with Gasteiger partial charge in [0, 0.05) is 5.56 Å². The van der Waals surface area contributed by atoms with Crippen molar-refractivity contribution in [3.63, 3.8) is 0 Å². The number of halogens is 3. The van der Waals surface area contributed by atoms with Crippen LogP contribution in [-0.4, -0.2) is 10.8 Å². The van der Waals surface area contributed by atoms with Crippen molar-refractivity contribution in [1.82, 2.24) is 0 Å². The molecule has 23 heavy (non-hydrogen) atoms. The van der Waals surface area contributed by atoms with Gasteiger partial charge in [-0.3, -0.25) is 14.9 Å². The standard InChI is InChI=1S/C15H11F3N2O3/c1-9-5-4-6-10(13(9)20(22)23)14(21)19-12-8-3-2-7-11(12)15(16,17)18/h2-8H,1H3,(H,19,21). The van der Waals surface area contributed by atoms with Crippen molar-refractivity contribution in [2.24, 2.45) is 0 Å². The van der Waals surface area contributed by atoms with E-state index in [1.54, 1.807) is 0 Å². The molecule has 0 aromatic heterocycles. The molecular formula is C15H11F3N2O3. The first-order valence-corrected chi connectivity index (χ1v) is 6.43. The van der Waals surface area contributed by atoms with Crippen molar-refractivity contribution in [1.29, 1.82) is 0 Å². The molecule has 0 atom stereocenters. The fourth-order valence-electron chi connectivity index (χ4n) is 2.11. The molecule has 8 heteroatoms. The molecule has 2 rings (SSSR count). The van der Waals surface area contributed by atoms with Crippen molar-refractivity contribution in [3.8, 4) is 0 Å². The first-order chi connectivity index (χ1) is 10.7. The third-order valence-electron chi connectivity index (χ3n) is 3.15. The van der Waals surface area contributed by atoms with Crippen LogP contribution in [0.25, 0.3) is 0 Å². The largest absolute Gasteiger partial charge is 0.418 e. The lowest BCUT2D eigenvalue weighted by Gasteiger charge is -2.13. The quantitative estimate of drug-likeness (QED) is 0.680. The van der Waals surface area contributed by atoms with Crippen molar-refractivity contribution < 1.29 is 22.9 Å². The molecule has 0 unspecified atom stereocenters. The third-order valence-corrected chi connectivity index (χ3v) is 3.15. The Labute approximate surface area is 128 Å². The lowest BCUT2D eigenvalue weighted by molar-refractivity contribution is -0.385. The molecule has 0 bridgehead atoms. The summed E-state index contributed by atoms with van der Waals surface area (Å²) in [5, 5.41) is 13.2. The maximum Gasteiger partial charge on any atom is 0.418 e. The number of amides is 1. The number of alkyl halides is 3. The molecule has 0 aliphatic heterocycles. The number of hydrogen-bond acceptors (Lipinski definition) is 3. The van der Waals surface area contributed by atoms with Crippen molar-refractivity contribution >= 4 is 17.3 Å². The summed E-state index contributed by atoms with van der Waals surface area (Å²) in [6.45, 7) is 1.44. The van der Waals surface area contributed by atoms with E-state index in [0.29, 0.717) is 0 Å². The average molecular weight is 324 g/mol. The maximum absolute atomic E-state index is 12.9. The molecular weight excluding hydrogens is 313 g/mol. The first-order valence-electron chi connectivity index (χ1n) is 6.43. The topological polar surface area (TPSA) is 72.2 Å². The minimum Gasteiger partial charge on any atom is -0.321 e. The minimum absolute atomic E-state index is 0.242. The van der Waals surface area contributed by atoms with Gasteiger partial charge in [0.1, 0.15) is 5.56 Å². The van der Waals surface area contributed by atoms with E-state index < -0.39 is 33.9 Å². The predicted molar refractivity (Wildman–Crippen MR) is 77.2 cm³/mol. The van der Waals surface area contributed by atoms with Crippen LogP contribution in [0.3, 0.4) is 0 Å². The smallest absolute Gasteiger partial charge is 0.321 e. The van der Waals surface area contributed by atoms with Crippen LogP contribution < -0.4 is 5.32 Å². The van der Waals surface area contributed by atoms with E-state index in [0.717, 1.165) is 12.1 Å². The zero-order valence-electron chi connectivity index (χ0n) is 11.8. The second-order valence-electron chi connectivity index (χ2n) is 4.73. The molecule has 120 valence electrons. The molecule has 2 aromatic carbocycles. The SMILES string of the molecule is Cc1cccc(C(=O)Nc2ccccc2C(F)(F)F)c1[N+](=O)[O-]. The zero-order valence-corrected chi connectivity index (χ0v) is 11.8. The molecule has 0 spiro atoms. The van der Waals surface area contributed by atoms with Crippen molar-refractivity contribution in [2.75, 3.05) is 5.32 Å². The maximum atomic E-state index is 12.9. The monoisotopic (exact) mass is 324 g/mol. The fraction of sp³-hybridized carbons (Fsp3) is 0.133. The van der Waals surface area contributed by atoms with E-state index in [9.17, 15) is 28.1 Å². The lowest BCUT2D eigenvalue weighted by atomic mass is 10.1. The van der Waals surface area contributed by atoms with Gasteiger partial charge in [-0.05, 0) is 25.1 Å². The Hall–Kier alpha value is -2.90. The second kappa shape index (κ2) is 6.07. The van der Waals surface area contributed by atoms with E-state index in [1.165, 1.54) is 37.3 Å². The number of nitro groups is 1. The van der Waals surface area contributed by atoms with Gasteiger partial charge in [0.25, 0.3) is 11.6 Å². The van der Waals surface area contributed by atoms with Crippen LogP contribution in [0.4, 0.5) is 24.5 Å². The Morgan fingerprint density at radius 2 is 1.78 bits per heavy atom. The Bertz CT molecular complexity index is 773. The number of nitrogens with one attached hydrogen (secondary N) is 1. The van der Waals surface area contributed by atoms with Gasteiger partial charge >= 0.3 is 6.18 Å². The van der Waals surface area contributed by atoms with Gasteiger partial charge in [-0.2, -0.15) is 13.2 Å². The summed E-state index contributed by atoms with van der Waals surface area (Å²) in [6.07, 6.45) is -4.65. The fourth-order valence-corrected chi connectivity index (χ4v) is 2.11. The number of para-hydroxylation sites is 2. The second-order valence-corrected chi connectivity index (χ2v) is 4.73. The zero-order chi connectivity index (χ0) is 17.2.